The third kappa shape index (κ3) is 3.28. The summed E-state index contributed by atoms with van der Waals surface area (Å²) in [5, 5.41) is 8.42. The first-order chi connectivity index (χ1) is 7.74. The fourth-order valence-corrected chi connectivity index (χ4v) is 3.03. The molecule has 0 atom stereocenters. The lowest BCUT2D eigenvalue weighted by molar-refractivity contribution is -0.139. The summed E-state index contributed by atoms with van der Waals surface area (Å²) in [6, 6.07) is 3.42. The largest absolute Gasteiger partial charge is 0.479 e. The van der Waals surface area contributed by atoms with Crippen molar-refractivity contribution in [3.05, 3.63) is 28.8 Å². The smallest absolute Gasteiger partial charge is 0.331 e. The fraction of sp³-hybridized carbons (Fsp3) is 0.364. The summed E-state index contributed by atoms with van der Waals surface area (Å²) in [6.07, 6.45) is 0. The van der Waals surface area contributed by atoms with Crippen LogP contribution in [0.2, 0.25) is 0 Å². The molecule has 0 aromatic heterocycles. The maximum atomic E-state index is 11.8. The van der Waals surface area contributed by atoms with Gasteiger partial charge in [-0.25, -0.2) is 4.79 Å². The number of aryl methyl sites for hydroxylation is 3. The van der Waals surface area contributed by atoms with E-state index in [1.165, 1.54) is 0 Å². The maximum Gasteiger partial charge on any atom is 0.331 e. The van der Waals surface area contributed by atoms with E-state index in [1.54, 1.807) is 26.0 Å². The van der Waals surface area contributed by atoms with Gasteiger partial charge in [0.1, 0.15) is 0 Å². The van der Waals surface area contributed by atoms with Crippen molar-refractivity contribution in [3.8, 4) is 0 Å². The molecule has 6 heteroatoms. The molecule has 1 N–H and O–H groups in total. The van der Waals surface area contributed by atoms with E-state index >= 15 is 0 Å². The van der Waals surface area contributed by atoms with Crippen molar-refractivity contribution in [1.29, 1.82) is 0 Å². The van der Waals surface area contributed by atoms with Gasteiger partial charge in [-0.15, -0.1) is 0 Å². The average molecular weight is 258 g/mol. The standard InChI is InChI=1S/C11H14O5S/c1-7-4-8(2)11(9(3)5-7)17(14,15)16-6-10(12)13/h4-5H,6H2,1-3H3,(H,12,13). The van der Waals surface area contributed by atoms with Crippen LogP contribution in [-0.4, -0.2) is 26.1 Å². The molecule has 0 saturated carbocycles. The molecule has 0 aliphatic rings. The highest BCUT2D eigenvalue weighted by atomic mass is 32.2. The first-order valence-electron chi connectivity index (χ1n) is 4.93. The minimum atomic E-state index is -4.01. The Bertz CT molecular complexity index is 522. The van der Waals surface area contributed by atoms with Crippen LogP contribution in [-0.2, 0) is 19.1 Å². The lowest BCUT2D eigenvalue weighted by Crippen LogP contribution is -2.15. The number of carbonyl (C=O) groups is 1. The van der Waals surface area contributed by atoms with Gasteiger partial charge in [-0.1, -0.05) is 17.7 Å². The van der Waals surface area contributed by atoms with Crippen molar-refractivity contribution in [2.24, 2.45) is 0 Å². The van der Waals surface area contributed by atoms with Crippen LogP contribution in [0.4, 0.5) is 0 Å². The van der Waals surface area contributed by atoms with Crippen LogP contribution in [0, 0.1) is 20.8 Å². The Balaban J connectivity index is 3.20. The Hall–Kier alpha value is -1.40. The molecular formula is C11H14O5S. The van der Waals surface area contributed by atoms with Gasteiger partial charge in [-0.05, 0) is 31.9 Å². The quantitative estimate of drug-likeness (QED) is 0.826. The highest BCUT2D eigenvalue weighted by molar-refractivity contribution is 7.86. The second-order valence-electron chi connectivity index (χ2n) is 3.84. The van der Waals surface area contributed by atoms with Crippen LogP contribution in [0.25, 0.3) is 0 Å². The molecule has 0 spiro atoms. The molecule has 0 bridgehead atoms. The maximum absolute atomic E-state index is 11.8. The molecule has 1 aromatic carbocycles. The molecule has 1 aromatic rings. The third-order valence-corrected chi connectivity index (χ3v) is 3.76. The average Bonchev–Trinajstić information content (AvgIpc) is 2.12. The predicted octanol–water partition coefficient (Wildman–Crippen LogP) is 1.40. The Kier molecular flexibility index (Phi) is 3.90. The van der Waals surface area contributed by atoms with Crippen LogP contribution >= 0.6 is 0 Å². The highest BCUT2D eigenvalue weighted by Crippen LogP contribution is 2.23. The van der Waals surface area contributed by atoms with Crippen molar-refractivity contribution >= 4 is 16.1 Å². The Morgan fingerprint density at radius 2 is 1.71 bits per heavy atom. The number of benzene rings is 1. The molecule has 0 aliphatic heterocycles. The van der Waals surface area contributed by atoms with E-state index in [0.29, 0.717) is 11.1 Å². The zero-order chi connectivity index (χ0) is 13.2. The molecule has 0 saturated heterocycles. The summed E-state index contributed by atoms with van der Waals surface area (Å²) in [4.78, 5) is 10.4. The molecule has 0 aliphatic carbocycles. The Morgan fingerprint density at radius 1 is 1.24 bits per heavy atom. The molecule has 17 heavy (non-hydrogen) atoms. The number of hydrogen-bond acceptors (Lipinski definition) is 4. The summed E-state index contributed by atoms with van der Waals surface area (Å²) < 4.78 is 28.1. The monoisotopic (exact) mass is 258 g/mol. The van der Waals surface area contributed by atoms with E-state index in [4.69, 9.17) is 5.11 Å². The van der Waals surface area contributed by atoms with Crippen LogP contribution < -0.4 is 0 Å². The molecule has 0 radical (unpaired) electrons. The summed E-state index contributed by atoms with van der Waals surface area (Å²) in [7, 11) is -4.01. The molecule has 1 rings (SSSR count). The molecule has 0 amide bonds. The van der Waals surface area contributed by atoms with Crippen LogP contribution in [0.15, 0.2) is 17.0 Å². The van der Waals surface area contributed by atoms with Crippen molar-refractivity contribution < 1.29 is 22.5 Å². The van der Waals surface area contributed by atoms with Crippen molar-refractivity contribution in [3.63, 3.8) is 0 Å². The summed E-state index contributed by atoms with van der Waals surface area (Å²) in [6.45, 7) is 4.29. The van der Waals surface area contributed by atoms with Gasteiger partial charge in [-0.2, -0.15) is 8.42 Å². The summed E-state index contributed by atoms with van der Waals surface area (Å²) in [5.74, 6) is -1.32. The Morgan fingerprint density at radius 3 is 2.12 bits per heavy atom. The van der Waals surface area contributed by atoms with Gasteiger partial charge in [0.15, 0.2) is 6.61 Å². The third-order valence-electron chi connectivity index (χ3n) is 2.19. The lowest BCUT2D eigenvalue weighted by Gasteiger charge is -2.11. The van der Waals surface area contributed by atoms with Gasteiger partial charge < -0.3 is 5.11 Å². The topological polar surface area (TPSA) is 80.7 Å². The van der Waals surface area contributed by atoms with Gasteiger partial charge in [0.05, 0.1) is 4.90 Å². The number of carboxylic acids is 1. The van der Waals surface area contributed by atoms with Gasteiger partial charge >= 0.3 is 5.97 Å². The van der Waals surface area contributed by atoms with Crippen LogP contribution in [0.1, 0.15) is 16.7 Å². The number of rotatable bonds is 4. The molecular weight excluding hydrogens is 244 g/mol. The van der Waals surface area contributed by atoms with Gasteiger partial charge in [0.25, 0.3) is 10.1 Å². The van der Waals surface area contributed by atoms with Crippen LogP contribution in [0.3, 0.4) is 0 Å². The molecule has 5 nitrogen and oxygen atoms in total. The molecule has 0 heterocycles. The summed E-state index contributed by atoms with van der Waals surface area (Å²) >= 11 is 0. The van der Waals surface area contributed by atoms with E-state index in [-0.39, 0.29) is 4.90 Å². The van der Waals surface area contributed by atoms with Crippen molar-refractivity contribution in [2.75, 3.05) is 6.61 Å². The Labute approximate surface area is 100 Å². The van der Waals surface area contributed by atoms with Crippen molar-refractivity contribution in [2.45, 2.75) is 25.7 Å². The van der Waals surface area contributed by atoms with E-state index in [0.717, 1.165) is 5.56 Å². The molecule has 0 unspecified atom stereocenters. The van der Waals surface area contributed by atoms with E-state index in [1.807, 2.05) is 6.92 Å². The van der Waals surface area contributed by atoms with Gasteiger partial charge in [0.2, 0.25) is 0 Å². The van der Waals surface area contributed by atoms with Gasteiger partial charge in [-0.3, -0.25) is 4.18 Å². The number of carboxylic acid groups (broad SMARTS) is 1. The first-order valence-corrected chi connectivity index (χ1v) is 6.34. The zero-order valence-electron chi connectivity index (χ0n) is 9.85. The second-order valence-corrected chi connectivity index (χ2v) is 5.39. The normalized spacial score (nSPS) is 11.5. The van der Waals surface area contributed by atoms with Gasteiger partial charge in [0, 0.05) is 0 Å². The molecule has 94 valence electrons. The fourth-order valence-electron chi connectivity index (χ4n) is 1.75. The zero-order valence-corrected chi connectivity index (χ0v) is 10.7. The molecule has 0 fully saturated rings. The number of aliphatic carboxylic acids is 1. The lowest BCUT2D eigenvalue weighted by atomic mass is 10.1. The van der Waals surface area contributed by atoms with E-state index < -0.39 is 22.7 Å². The second kappa shape index (κ2) is 4.85. The predicted molar refractivity (Wildman–Crippen MR) is 61.4 cm³/mol. The minimum absolute atomic E-state index is 0.0457. The highest BCUT2D eigenvalue weighted by Gasteiger charge is 2.21. The summed E-state index contributed by atoms with van der Waals surface area (Å²) in [5.41, 5.74) is 2.04. The van der Waals surface area contributed by atoms with E-state index in [9.17, 15) is 13.2 Å². The number of hydrogen-bond donors (Lipinski definition) is 1. The van der Waals surface area contributed by atoms with Crippen molar-refractivity contribution in [1.82, 2.24) is 0 Å². The minimum Gasteiger partial charge on any atom is -0.479 e. The van der Waals surface area contributed by atoms with E-state index in [2.05, 4.69) is 4.18 Å². The van der Waals surface area contributed by atoms with Crippen LogP contribution in [0.5, 0.6) is 0 Å². The SMILES string of the molecule is Cc1cc(C)c(S(=O)(=O)OCC(=O)O)c(C)c1. The first kappa shape index (κ1) is 13.7.